The van der Waals surface area contributed by atoms with Crippen molar-refractivity contribution in [1.29, 1.82) is 0 Å². The summed E-state index contributed by atoms with van der Waals surface area (Å²) in [6.45, 7) is 4.45. The maximum absolute atomic E-state index is 13.6. The predicted molar refractivity (Wildman–Crippen MR) is 133 cm³/mol. The fraction of sp³-hybridized carbons (Fsp3) is 0.269. The maximum atomic E-state index is 13.6. The second-order valence-corrected chi connectivity index (χ2v) is 8.52. The molecule has 11 heteroatoms. The Balaban J connectivity index is 0.000000480. The number of carbonyl (C=O) groups excluding carboxylic acids is 1. The molecule has 0 radical (unpaired) electrons. The van der Waals surface area contributed by atoms with Gasteiger partial charge >= 0.3 is 17.9 Å². The Morgan fingerprint density at radius 3 is 2.43 bits per heavy atom. The van der Waals surface area contributed by atoms with Crippen LogP contribution in [0.5, 0.6) is 0 Å². The predicted octanol–water partition coefficient (Wildman–Crippen LogP) is 3.36. The average molecular weight is 512 g/mol. The average Bonchev–Trinajstić information content (AvgIpc) is 3.53. The summed E-state index contributed by atoms with van der Waals surface area (Å²) in [5.41, 5.74) is 4.29. The molecule has 37 heavy (non-hydrogen) atoms. The van der Waals surface area contributed by atoms with Gasteiger partial charge in [0.2, 0.25) is 0 Å². The van der Waals surface area contributed by atoms with Gasteiger partial charge in [-0.25, -0.2) is 18.8 Å². The largest absolute Gasteiger partial charge is 0.473 e. The highest BCUT2D eigenvalue weighted by Crippen LogP contribution is 2.30. The van der Waals surface area contributed by atoms with Gasteiger partial charge in [0.15, 0.2) is 0 Å². The molecular weight excluding hydrogens is 485 g/mol. The number of nitrogens with one attached hydrogen (secondary N) is 1. The maximum Gasteiger partial charge on any atom is 0.414 e. The summed E-state index contributed by atoms with van der Waals surface area (Å²) in [6, 6.07) is 10.4. The number of carbonyl (C=O) groups is 3. The van der Waals surface area contributed by atoms with E-state index in [0.717, 1.165) is 72.3 Å². The van der Waals surface area contributed by atoms with Crippen molar-refractivity contribution in [3.05, 3.63) is 65.8 Å². The summed E-state index contributed by atoms with van der Waals surface area (Å²) in [6.07, 6.45) is 4.45. The number of rotatable bonds is 5. The fourth-order valence-electron chi connectivity index (χ4n) is 4.38. The first-order valence-electron chi connectivity index (χ1n) is 11.6. The van der Waals surface area contributed by atoms with Crippen LogP contribution in [0, 0.1) is 5.82 Å². The van der Waals surface area contributed by atoms with Crippen LogP contribution in [0.4, 0.5) is 10.1 Å². The van der Waals surface area contributed by atoms with Crippen molar-refractivity contribution in [2.24, 2.45) is 0 Å². The van der Waals surface area contributed by atoms with Crippen molar-refractivity contribution in [3.63, 3.8) is 0 Å². The van der Waals surface area contributed by atoms with Gasteiger partial charge in [0.25, 0.3) is 0 Å². The van der Waals surface area contributed by atoms with Crippen LogP contribution in [0.15, 0.2) is 53.3 Å². The molecule has 0 bridgehead atoms. The van der Waals surface area contributed by atoms with Gasteiger partial charge in [0.05, 0.1) is 18.9 Å². The number of aromatic amines is 1. The van der Waals surface area contributed by atoms with Crippen molar-refractivity contribution >= 4 is 45.5 Å². The molecule has 0 unspecified atom stereocenters. The van der Waals surface area contributed by atoms with E-state index in [9.17, 15) is 9.18 Å². The van der Waals surface area contributed by atoms with E-state index in [-0.39, 0.29) is 11.8 Å². The molecule has 194 valence electrons. The number of benzene rings is 2. The number of H-pyrrole nitrogens is 1. The quantitative estimate of drug-likeness (QED) is 0.272. The molecule has 4 aromatic rings. The van der Waals surface area contributed by atoms with Crippen LogP contribution in [0.3, 0.4) is 0 Å². The molecule has 1 aliphatic heterocycles. The van der Waals surface area contributed by atoms with Crippen LogP contribution in [-0.2, 0) is 20.7 Å². The number of hydrogen-bond donors (Lipinski definition) is 3. The van der Waals surface area contributed by atoms with Crippen molar-refractivity contribution in [3.8, 4) is 0 Å². The smallest absolute Gasteiger partial charge is 0.414 e. The Morgan fingerprint density at radius 1 is 1.03 bits per heavy atom. The molecule has 1 fully saturated rings. The third-order valence-electron chi connectivity index (χ3n) is 6.28. The molecule has 1 saturated heterocycles. The van der Waals surface area contributed by atoms with Gasteiger partial charge < -0.3 is 29.3 Å². The van der Waals surface area contributed by atoms with Gasteiger partial charge in [0.1, 0.15) is 11.4 Å². The normalized spacial score (nSPS) is 13.8. The molecule has 5 rings (SSSR count). The van der Waals surface area contributed by atoms with Crippen molar-refractivity contribution in [2.75, 3.05) is 44.7 Å². The van der Waals surface area contributed by atoms with Gasteiger partial charge in [-0.2, -0.15) is 0 Å². The molecule has 0 spiro atoms. The SMILES string of the molecule is COC(=O)c1cc(N2CCN(CCc3coc4ccc(F)cc34)CC2)c2cc[nH]c2c1.O=C(O)C(=O)O. The summed E-state index contributed by atoms with van der Waals surface area (Å²) in [5.74, 6) is -4.22. The van der Waals surface area contributed by atoms with Crippen LogP contribution in [0.25, 0.3) is 21.9 Å². The van der Waals surface area contributed by atoms with Gasteiger partial charge in [-0.15, -0.1) is 0 Å². The first kappa shape index (κ1) is 25.7. The van der Waals surface area contributed by atoms with E-state index in [1.54, 1.807) is 18.4 Å². The minimum Gasteiger partial charge on any atom is -0.473 e. The minimum absolute atomic E-state index is 0.242. The van der Waals surface area contributed by atoms with E-state index in [1.165, 1.54) is 13.2 Å². The van der Waals surface area contributed by atoms with E-state index in [0.29, 0.717) is 5.56 Å². The number of aliphatic carboxylic acids is 2. The Labute approximate surface area is 210 Å². The molecule has 0 aliphatic carbocycles. The molecule has 0 saturated carbocycles. The number of esters is 1. The van der Waals surface area contributed by atoms with Crippen LogP contribution in [0.1, 0.15) is 15.9 Å². The lowest BCUT2D eigenvalue weighted by molar-refractivity contribution is -0.159. The number of furan rings is 1. The number of halogens is 1. The summed E-state index contributed by atoms with van der Waals surface area (Å²) in [5, 5.41) is 16.7. The highest BCUT2D eigenvalue weighted by atomic mass is 19.1. The molecule has 2 aromatic carbocycles. The van der Waals surface area contributed by atoms with Crippen molar-refractivity contribution in [2.45, 2.75) is 6.42 Å². The zero-order valence-corrected chi connectivity index (χ0v) is 20.1. The summed E-state index contributed by atoms with van der Waals surface area (Å²) < 4.78 is 24.1. The highest BCUT2D eigenvalue weighted by molar-refractivity contribution is 6.27. The number of carboxylic acid groups (broad SMARTS) is 2. The van der Waals surface area contributed by atoms with E-state index in [1.807, 2.05) is 24.4 Å². The number of fused-ring (bicyclic) bond motifs is 2. The lowest BCUT2D eigenvalue weighted by Gasteiger charge is -2.36. The minimum atomic E-state index is -1.82. The molecule has 0 amide bonds. The molecule has 3 N–H and O–H groups in total. The van der Waals surface area contributed by atoms with E-state index < -0.39 is 11.9 Å². The number of methoxy groups -OCH3 is 1. The lowest BCUT2D eigenvalue weighted by atomic mass is 10.1. The van der Waals surface area contributed by atoms with E-state index >= 15 is 0 Å². The highest BCUT2D eigenvalue weighted by Gasteiger charge is 2.21. The zero-order valence-electron chi connectivity index (χ0n) is 20.1. The topological polar surface area (TPSA) is 136 Å². The van der Waals surface area contributed by atoms with Crippen LogP contribution < -0.4 is 4.90 Å². The Morgan fingerprint density at radius 2 is 1.76 bits per heavy atom. The van der Waals surface area contributed by atoms with E-state index in [4.69, 9.17) is 29.0 Å². The van der Waals surface area contributed by atoms with Gasteiger partial charge in [-0.05, 0) is 48.4 Å². The number of nitrogens with zero attached hydrogens (tertiary/aromatic N) is 2. The fourth-order valence-corrected chi connectivity index (χ4v) is 4.38. The first-order valence-corrected chi connectivity index (χ1v) is 11.6. The lowest BCUT2D eigenvalue weighted by Crippen LogP contribution is -2.47. The van der Waals surface area contributed by atoms with Crippen molar-refractivity contribution in [1.82, 2.24) is 9.88 Å². The van der Waals surface area contributed by atoms with Crippen molar-refractivity contribution < 1.29 is 38.1 Å². The molecular formula is C26H26FN3O7. The summed E-state index contributed by atoms with van der Waals surface area (Å²) >= 11 is 0. The van der Waals surface area contributed by atoms with E-state index in [2.05, 4.69) is 14.8 Å². The molecule has 2 aromatic heterocycles. The van der Waals surface area contributed by atoms with Gasteiger partial charge in [-0.3, -0.25) is 4.90 Å². The van der Waals surface area contributed by atoms with Gasteiger partial charge in [0, 0.05) is 60.9 Å². The number of carboxylic acids is 2. The molecule has 1 aliphatic rings. The number of hydrogen-bond acceptors (Lipinski definition) is 7. The first-order chi connectivity index (χ1) is 17.8. The number of anilines is 1. The van der Waals surface area contributed by atoms with Gasteiger partial charge in [-0.1, -0.05) is 0 Å². The number of aromatic nitrogens is 1. The third-order valence-corrected chi connectivity index (χ3v) is 6.28. The molecule has 3 heterocycles. The van der Waals surface area contributed by atoms with Crippen LogP contribution in [0.2, 0.25) is 0 Å². The Bertz CT molecular complexity index is 1420. The third kappa shape index (κ3) is 5.89. The molecule has 10 nitrogen and oxygen atoms in total. The monoisotopic (exact) mass is 511 g/mol. The second kappa shape index (κ2) is 11.1. The van der Waals surface area contributed by atoms with Crippen LogP contribution in [-0.4, -0.2) is 77.8 Å². The Kier molecular flexibility index (Phi) is 7.73. The molecule has 0 atom stereocenters. The summed E-state index contributed by atoms with van der Waals surface area (Å²) in [7, 11) is 1.40. The standard InChI is InChI=1S/C24H24FN3O3.C2H2O4/c1-30-24(29)17-12-21-19(4-6-26-21)22(13-17)28-10-8-27(9-11-28)7-5-16-15-31-23-3-2-18(25)14-20(16)23;3-1(4)2(5)6/h2-4,6,12-15,26H,5,7-11H2,1H3;(H,3,4)(H,5,6). The zero-order chi connectivity index (χ0) is 26.5. The van der Waals surface area contributed by atoms with Crippen LogP contribution >= 0.6 is 0 Å². The second-order valence-electron chi connectivity index (χ2n) is 8.52. The Hall–Kier alpha value is -4.38. The number of ether oxygens (including phenoxy) is 1. The summed E-state index contributed by atoms with van der Waals surface area (Å²) in [4.78, 5) is 38.2. The number of piperazine rings is 1.